The van der Waals surface area contributed by atoms with E-state index >= 15 is 0 Å². The van der Waals surface area contributed by atoms with E-state index in [4.69, 9.17) is 0 Å². The van der Waals surface area contributed by atoms with Gasteiger partial charge in [-0.05, 0) is 43.3 Å². The van der Waals surface area contributed by atoms with Crippen LogP contribution in [0.15, 0.2) is 73.2 Å². The standard InChI is InChI=1S/C26H16F3N5/c1-14-19(25-32-21-8-7-16(27)11-22(21)33-25)10-15(12-30-14)17-5-3-9-34-23(17)13-31-26(34)18-4-2-6-20(28)24(18)29/h2-13H,1H3,(H,32,33). The third-order valence-corrected chi connectivity index (χ3v) is 5.86. The lowest BCUT2D eigenvalue weighted by molar-refractivity contribution is 0.510. The van der Waals surface area contributed by atoms with Crippen LogP contribution >= 0.6 is 0 Å². The van der Waals surface area contributed by atoms with Crippen molar-refractivity contribution in [2.45, 2.75) is 6.92 Å². The minimum absolute atomic E-state index is 0.0781. The molecular weight excluding hydrogens is 439 g/mol. The van der Waals surface area contributed by atoms with E-state index in [9.17, 15) is 13.2 Å². The number of fused-ring (bicyclic) bond motifs is 2. The molecule has 0 radical (unpaired) electrons. The van der Waals surface area contributed by atoms with Crippen molar-refractivity contribution in [3.63, 3.8) is 0 Å². The molecule has 0 amide bonds. The van der Waals surface area contributed by atoms with E-state index < -0.39 is 11.6 Å². The van der Waals surface area contributed by atoms with E-state index in [0.717, 1.165) is 34.0 Å². The number of halogens is 3. The van der Waals surface area contributed by atoms with Gasteiger partial charge in [0.25, 0.3) is 0 Å². The van der Waals surface area contributed by atoms with Crippen molar-refractivity contribution in [1.29, 1.82) is 0 Å². The van der Waals surface area contributed by atoms with Crippen LogP contribution in [0.5, 0.6) is 0 Å². The monoisotopic (exact) mass is 455 g/mol. The van der Waals surface area contributed by atoms with Crippen LogP contribution in [0.3, 0.4) is 0 Å². The fraction of sp³-hybridized carbons (Fsp3) is 0.0385. The van der Waals surface area contributed by atoms with Crippen molar-refractivity contribution >= 4 is 16.6 Å². The molecule has 0 aliphatic carbocycles. The molecule has 2 aromatic carbocycles. The molecule has 34 heavy (non-hydrogen) atoms. The zero-order valence-corrected chi connectivity index (χ0v) is 17.9. The van der Waals surface area contributed by atoms with E-state index in [0.29, 0.717) is 22.7 Å². The van der Waals surface area contributed by atoms with Crippen LogP contribution in [0.2, 0.25) is 0 Å². The van der Waals surface area contributed by atoms with Crippen molar-refractivity contribution in [3.05, 3.63) is 96.3 Å². The minimum atomic E-state index is -0.944. The fourth-order valence-corrected chi connectivity index (χ4v) is 4.17. The summed E-state index contributed by atoms with van der Waals surface area (Å²) in [7, 11) is 0. The Balaban J connectivity index is 1.50. The second kappa shape index (κ2) is 7.55. The zero-order chi connectivity index (χ0) is 23.4. The van der Waals surface area contributed by atoms with E-state index in [1.807, 2.05) is 25.1 Å². The molecule has 6 rings (SSSR count). The summed E-state index contributed by atoms with van der Waals surface area (Å²) in [6, 6.07) is 14.1. The van der Waals surface area contributed by atoms with Crippen molar-refractivity contribution in [2.24, 2.45) is 0 Å². The lowest BCUT2D eigenvalue weighted by Gasteiger charge is -2.09. The average Bonchev–Trinajstić information content (AvgIpc) is 3.45. The molecule has 0 bridgehead atoms. The Morgan fingerprint density at radius 3 is 2.59 bits per heavy atom. The number of aryl methyl sites for hydroxylation is 1. The summed E-state index contributed by atoms with van der Waals surface area (Å²) in [6.07, 6.45) is 5.12. The third-order valence-electron chi connectivity index (χ3n) is 5.86. The van der Waals surface area contributed by atoms with E-state index in [-0.39, 0.29) is 11.4 Å². The quantitative estimate of drug-likeness (QED) is 0.339. The van der Waals surface area contributed by atoms with Crippen molar-refractivity contribution in [2.75, 3.05) is 0 Å². The maximum atomic E-state index is 14.4. The van der Waals surface area contributed by atoms with Gasteiger partial charge in [-0.1, -0.05) is 12.1 Å². The van der Waals surface area contributed by atoms with Gasteiger partial charge in [-0.25, -0.2) is 23.1 Å². The number of pyridine rings is 2. The summed E-state index contributed by atoms with van der Waals surface area (Å²) >= 11 is 0. The molecule has 0 unspecified atom stereocenters. The molecule has 0 spiro atoms. The van der Waals surface area contributed by atoms with Gasteiger partial charge in [-0.15, -0.1) is 0 Å². The molecule has 4 heterocycles. The zero-order valence-electron chi connectivity index (χ0n) is 17.9. The molecule has 0 fully saturated rings. The molecule has 166 valence electrons. The van der Waals surface area contributed by atoms with E-state index in [2.05, 4.69) is 19.9 Å². The Kier molecular flexibility index (Phi) is 4.48. The van der Waals surface area contributed by atoms with Crippen molar-refractivity contribution < 1.29 is 13.2 Å². The molecule has 0 atom stereocenters. The smallest absolute Gasteiger partial charge is 0.169 e. The summed E-state index contributed by atoms with van der Waals surface area (Å²) in [4.78, 5) is 16.7. The summed E-state index contributed by atoms with van der Waals surface area (Å²) in [5, 5.41) is 0. The number of imidazole rings is 2. The minimum Gasteiger partial charge on any atom is -0.338 e. The van der Waals surface area contributed by atoms with Crippen LogP contribution in [0.25, 0.3) is 50.5 Å². The maximum Gasteiger partial charge on any atom is 0.169 e. The Morgan fingerprint density at radius 2 is 1.71 bits per heavy atom. The number of nitrogens with zero attached hydrogens (tertiary/aromatic N) is 4. The highest BCUT2D eigenvalue weighted by molar-refractivity contribution is 5.85. The first-order valence-corrected chi connectivity index (χ1v) is 10.5. The highest BCUT2D eigenvalue weighted by atomic mass is 19.2. The summed E-state index contributed by atoms with van der Waals surface area (Å²) < 4.78 is 43.6. The number of H-pyrrole nitrogens is 1. The van der Waals surface area contributed by atoms with Crippen molar-refractivity contribution in [3.8, 4) is 33.9 Å². The second-order valence-corrected chi connectivity index (χ2v) is 7.96. The normalized spacial score (nSPS) is 11.5. The van der Waals surface area contributed by atoms with Crippen LogP contribution < -0.4 is 0 Å². The lowest BCUT2D eigenvalue weighted by Crippen LogP contribution is -1.96. The number of hydrogen-bond donors (Lipinski definition) is 1. The highest BCUT2D eigenvalue weighted by Crippen LogP contribution is 2.32. The van der Waals surface area contributed by atoms with Gasteiger partial charge in [0.1, 0.15) is 17.5 Å². The Bertz CT molecular complexity index is 1720. The van der Waals surface area contributed by atoms with Crippen LogP contribution in [0.1, 0.15) is 5.69 Å². The molecule has 0 aliphatic rings. The first-order chi connectivity index (χ1) is 16.5. The number of aromatic amines is 1. The molecule has 8 heteroatoms. The van der Waals surface area contributed by atoms with Gasteiger partial charge in [-0.3, -0.25) is 9.38 Å². The first-order valence-electron chi connectivity index (χ1n) is 10.5. The van der Waals surface area contributed by atoms with Gasteiger partial charge in [-0.2, -0.15) is 0 Å². The maximum absolute atomic E-state index is 14.4. The van der Waals surface area contributed by atoms with E-state index in [1.165, 1.54) is 24.3 Å². The van der Waals surface area contributed by atoms with Gasteiger partial charge in [0, 0.05) is 40.8 Å². The van der Waals surface area contributed by atoms with Gasteiger partial charge >= 0.3 is 0 Å². The third kappa shape index (κ3) is 3.14. The first kappa shape index (κ1) is 20.2. The van der Waals surface area contributed by atoms with Gasteiger partial charge in [0.05, 0.1) is 28.3 Å². The lowest BCUT2D eigenvalue weighted by atomic mass is 10.0. The summed E-state index contributed by atoms with van der Waals surface area (Å²) in [5.74, 6) is -1.35. The van der Waals surface area contributed by atoms with Crippen LogP contribution in [0, 0.1) is 24.4 Å². The largest absolute Gasteiger partial charge is 0.338 e. The number of hydrogen-bond acceptors (Lipinski definition) is 3. The van der Waals surface area contributed by atoms with E-state index in [1.54, 1.807) is 29.1 Å². The van der Waals surface area contributed by atoms with Crippen LogP contribution in [-0.2, 0) is 0 Å². The summed E-state index contributed by atoms with van der Waals surface area (Å²) in [6.45, 7) is 1.87. The SMILES string of the molecule is Cc1ncc(-c2cccn3c(-c4cccc(F)c4F)ncc23)cc1-c1nc2cc(F)ccc2[nH]1. The molecule has 6 aromatic rings. The Hall–Kier alpha value is -4.46. The molecule has 5 nitrogen and oxygen atoms in total. The van der Waals surface area contributed by atoms with Gasteiger partial charge < -0.3 is 4.98 Å². The predicted molar refractivity (Wildman–Crippen MR) is 124 cm³/mol. The van der Waals surface area contributed by atoms with Crippen molar-refractivity contribution in [1.82, 2.24) is 24.3 Å². The van der Waals surface area contributed by atoms with Crippen LogP contribution in [0.4, 0.5) is 13.2 Å². The molecule has 1 N–H and O–H groups in total. The van der Waals surface area contributed by atoms with Gasteiger partial charge in [0.2, 0.25) is 0 Å². The molecule has 0 saturated heterocycles. The highest BCUT2D eigenvalue weighted by Gasteiger charge is 2.17. The Morgan fingerprint density at radius 1 is 0.853 bits per heavy atom. The molecule has 0 aliphatic heterocycles. The Labute approximate surface area is 191 Å². The number of rotatable bonds is 3. The predicted octanol–water partition coefficient (Wildman–Crippen LogP) is 6.33. The molecule has 0 saturated carbocycles. The van der Waals surface area contributed by atoms with Gasteiger partial charge in [0.15, 0.2) is 11.6 Å². The number of benzene rings is 2. The number of aromatic nitrogens is 5. The topological polar surface area (TPSA) is 58.9 Å². The van der Waals surface area contributed by atoms with Crippen LogP contribution in [-0.4, -0.2) is 24.3 Å². The fourth-order valence-electron chi connectivity index (χ4n) is 4.17. The summed E-state index contributed by atoms with van der Waals surface area (Å²) in [5.41, 5.74) is 5.18. The average molecular weight is 455 g/mol. The number of nitrogens with one attached hydrogen (secondary N) is 1. The molecule has 4 aromatic heterocycles. The molecular formula is C26H16F3N5. The second-order valence-electron chi connectivity index (χ2n) is 7.96.